The van der Waals surface area contributed by atoms with Gasteiger partial charge in [0.2, 0.25) is 0 Å². The zero-order chi connectivity index (χ0) is 24.0. The van der Waals surface area contributed by atoms with E-state index in [9.17, 15) is 0 Å². The van der Waals surface area contributed by atoms with Gasteiger partial charge in [-0.25, -0.2) is 4.98 Å². The van der Waals surface area contributed by atoms with Gasteiger partial charge in [0.1, 0.15) is 5.82 Å². The first kappa shape index (κ1) is 22.1. The second kappa shape index (κ2) is 8.68. The molecule has 2 aliphatic heterocycles. The van der Waals surface area contributed by atoms with Gasteiger partial charge in [-0.2, -0.15) is 0 Å². The van der Waals surface area contributed by atoms with E-state index >= 15 is 0 Å². The first-order valence-corrected chi connectivity index (χ1v) is 13.2. The van der Waals surface area contributed by atoms with E-state index in [1.165, 1.54) is 82.4 Å². The molecule has 2 aliphatic rings. The Morgan fingerprint density at radius 2 is 1.51 bits per heavy atom. The lowest BCUT2D eigenvalue weighted by molar-refractivity contribution is 0.628. The second-order valence-corrected chi connectivity index (χ2v) is 10.6. The highest BCUT2D eigenvalue weighted by atomic mass is 15.2. The topological polar surface area (TPSA) is 16.1 Å². The molecular formula is C33H34N2. The molecule has 176 valence electrons. The lowest BCUT2D eigenvalue weighted by Crippen LogP contribution is -2.31. The van der Waals surface area contributed by atoms with E-state index in [-0.39, 0.29) is 5.41 Å². The Morgan fingerprint density at radius 1 is 0.714 bits per heavy atom. The highest BCUT2D eigenvalue weighted by Gasteiger charge is 2.41. The fourth-order valence-corrected chi connectivity index (χ4v) is 6.09. The molecule has 0 saturated carbocycles. The normalized spacial score (nSPS) is 14.4. The SMILES string of the molecule is CCCCCCCc1ccc2c(c1)-c1cccc3c1N(c1ccccc1-2)c1ncccc1C3(C)C. The number of aryl methyl sites for hydroxylation is 1. The monoisotopic (exact) mass is 458 g/mol. The average molecular weight is 459 g/mol. The Labute approximate surface area is 209 Å². The fourth-order valence-electron chi connectivity index (χ4n) is 6.09. The number of nitrogens with zero attached hydrogens (tertiary/aromatic N) is 2. The summed E-state index contributed by atoms with van der Waals surface area (Å²) in [4.78, 5) is 7.37. The van der Waals surface area contributed by atoms with E-state index in [0.29, 0.717) is 0 Å². The van der Waals surface area contributed by atoms with E-state index < -0.39 is 0 Å². The average Bonchev–Trinajstić information content (AvgIpc) is 3.00. The van der Waals surface area contributed by atoms with Crippen LogP contribution in [0.15, 0.2) is 79.0 Å². The van der Waals surface area contributed by atoms with Crippen molar-refractivity contribution in [3.8, 4) is 22.3 Å². The summed E-state index contributed by atoms with van der Waals surface area (Å²) in [7, 11) is 0. The van der Waals surface area contributed by atoms with Crippen LogP contribution in [0.1, 0.15) is 69.6 Å². The van der Waals surface area contributed by atoms with Crippen molar-refractivity contribution in [3.05, 3.63) is 95.7 Å². The van der Waals surface area contributed by atoms with E-state index in [4.69, 9.17) is 4.98 Å². The summed E-state index contributed by atoms with van der Waals surface area (Å²) in [6, 6.07) is 27.2. The standard InChI is InChI=1S/C33H34N2/c1-4-5-6-7-8-13-23-19-20-24-25-14-9-10-18-30(25)35-31-26(27(24)22-23)15-11-16-28(31)33(2,3)29-17-12-21-34-32(29)35/h9-12,14-22H,4-8,13H2,1-3H3. The quantitative estimate of drug-likeness (QED) is 0.236. The number of benzene rings is 3. The van der Waals surface area contributed by atoms with Crippen LogP contribution in [0, 0.1) is 0 Å². The molecule has 2 nitrogen and oxygen atoms in total. The molecular weight excluding hydrogens is 424 g/mol. The van der Waals surface area contributed by atoms with Crippen LogP contribution in [0.25, 0.3) is 22.3 Å². The van der Waals surface area contributed by atoms with Crippen LogP contribution < -0.4 is 4.90 Å². The Bertz CT molecular complexity index is 1400. The number of anilines is 3. The first-order chi connectivity index (χ1) is 17.1. The number of para-hydroxylation sites is 2. The van der Waals surface area contributed by atoms with E-state index in [1.807, 2.05) is 6.20 Å². The van der Waals surface area contributed by atoms with Crippen LogP contribution in [-0.4, -0.2) is 4.98 Å². The van der Waals surface area contributed by atoms with Crippen molar-refractivity contribution in [2.45, 2.75) is 64.7 Å². The predicted octanol–water partition coefficient (Wildman–Crippen LogP) is 9.35. The molecule has 0 spiro atoms. The van der Waals surface area contributed by atoms with Gasteiger partial charge < -0.3 is 0 Å². The van der Waals surface area contributed by atoms with Gasteiger partial charge in [-0.1, -0.05) is 107 Å². The van der Waals surface area contributed by atoms with Crippen molar-refractivity contribution in [2.24, 2.45) is 0 Å². The van der Waals surface area contributed by atoms with Gasteiger partial charge >= 0.3 is 0 Å². The van der Waals surface area contributed by atoms with Crippen molar-refractivity contribution in [2.75, 3.05) is 4.90 Å². The predicted molar refractivity (Wildman–Crippen MR) is 148 cm³/mol. The maximum absolute atomic E-state index is 4.95. The Balaban J connectivity index is 1.57. The minimum Gasteiger partial charge on any atom is -0.293 e. The Kier molecular flexibility index (Phi) is 5.48. The van der Waals surface area contributed by atoms with Gasteiger partial charge in [0.05, 0.1) is 11.4 Å². The molecule has 6 rings (SSSR count). The van der Waals surface area contributed by atoms with Gasteiger partial charge in [-0.3, -0.25) is 4.90 Å². The van der Waals surface area contributed by atoms with Crippen molar-refractivity contribution >= 4 is 17.2 Å². The van der Waals surface area contributed by atoms with Crippen molar-refractivity contribution < 1.29 is 0 Å². The molecule has 0 aliphatic carbocycles. The highest BCUT2D eigenvalue weighted by Crippen LogP contribution is 2.58. The summed E-state index contributed by atoms with van der Waals surface area (Å²) in [5, 5.41) is 0. The number of hydrogen-bond donors (Lipinski definition) is 0. The van der Waals surface area contributed by atoms with Crippen LogP contribution in [0.4, 0.5) is 17.2 Å². The zero-order valence-corrected chi connectivity index (χ0v) is 21.1. The molecule has 0 unspecified atom stereocenters. The largest absolute Gasteiger partial charge is 0.293 e. The summed E-state index contributed by atoms with van der Waals surface area (Å²) in [6.45, 7) is 6.96. The smallest absolute Gasteiger partial charge is 0.141 e. The number of unbranched alkanes of at least 4 members (excludes halogenated alkanes) is 4. The Morgan fingerprint density at radius 3 is 2.40 bits per heavy atom. The molecule has 0 radical (unpaired) electrons. The third-order valence-corrected chi connectivity index (χ3v) is 7.98. The lowest BCUT2D eigenvalue weighted by atomic mass is 9.73. The van der Waals surface area contributed by atoms with Crippen LogP contribution in [0.2, 0.25) is 0 Å². The van der Waals surface area contributed by atoms with Crippen LogP contribution in [0.5, 0.6) is 0 Å². The van der Waals surface area contributed by atoms with Gasteiger partial charge in [-0.05, 0) is 47.2 Å². The molecule has 0 fully saturated rings. The maximum atomic E-state index is 4.95. The third kappa shape index (κ3) is 3.50. The number of fused-ring (bicyclic) bond motifs is 7. The minimum absolute atomic E-state index is 0.123. The van der Waals surface area contributed by atoms with E-state index in [2.05, 4.69) is 98.5 Å². The van der Waals surface area contributed by atoms with Crippen molar-refractivity contribution in [1.29, 1.82) is 0 Å². The fraction of sp³-hybridized carbons (Fsp3) is 0.303. The number of aromatic nitrogens is 1. The molecule has 0 amide bonds. The van der Waals surface area contributed by atoms with Crippen LogP contribution in [0.3, 0.4) is 0 Å². The van der Waals surface area contributed by atoms with Crippen LogP contribution >= 0.6 is 0 Å². The first-order valence-electron chi connectivity index (χ1n) is 13.2. The van der Waals surface area contributed by atoms with Gasteiger partial charge in [0.15, 0.2) is 0 Å². The van der Waals surface area contributed by atoms with Gasteiger partial charge in [-0.15, -0.1) is 0 Å². The summed E-state index contributed by atoms with van der Waals surface area (Å²) in [5.74, 6) is 1.05. The highest BCUT2D eigenvalue weighted by molar-refractivity contribution is 6.04. The molecule has 3 aromatic carbocycles. The lowest BCUT2D eigenvalue weighted by Gasteiger charge is -2.41. The number of rotatable bonds is 6. The summed E-state index contributed by atoms with van der Waals surface area (Å²) < 4.78 is 0. The van der Waals surface area contributed by atoms with Crippen LogP contribution in [-0.2, 0) is 11.8 Å². The summed E-state index contributed by atoms with van der Waals surface area (Å²) >= 11 is 0. The maximum Gasteiger partial charge on any atom is 0.141 e. The Hall–Kier alpha value is -3.39. The zero-order valence-electron chi connectivity index (χ0n) is 21.1. The van der Waals surface area contributed by atoms with E-state index in [0.717, 1.165) is 12.2 Å². The van der Waals surface area contributed by atoms with Crippen molar-refractivity contribution in [1.82, 2.24) is 4.98 Å². The molecule has 2 heteroatoms. The summed E-state index contributed by atoms with van der Waals surface area (Å²) in [5.41, 5.74) is 11.7. The van der Waals surface area contributed by atoms with Crippen molar-refractivity contribution in [3.63, 3.8) is 0 Å². The van der Waals surface area contributed by atoms with E-state index in [1.54, 1.807) is 0 Å². The summed E-state index contributed by atoms with van der Waals surface area (Å²) in [6.07, 6.45) is 9.64. The molecule has 3 heterocycles. The molecule has 35 heavy (non-hydrogen) atoms. The molecule has 0 atom stereocenters. The minimum atomic E-state index is -0.123. The number of pyridine rings is 1. The molecule has 0 N–H and O–H groups in total. The molecule has 0 bridgehead atoms. The molecule has 1 aromatic heterocycles. The third-order valence-electron chi connectivity index (χ3n) is 7.98. The molecule has 4 aromatic rings. The second-order valence-electron chi connectivity index (χ2n) is 10.6. The number of hydrogen-bond acceptors (Lipinski definition) is 2. The van der Waals surface area contributed by atoms with Gasteiger partial charge in [0.25, 0.3) is 0 Å². The van der Waals surface area contributed by atoms with Gasteiger partial charge in [0, 0.05) is 28.3 Å². The molecule has 0 saturated heterocycles.